The number of hydrogen-bond donors (Lipinski definition) is 1. The fourth-order valence-corrected chi connectivity index (χ4v) is 3.27. The van der Waals surface area contributed by atoms with Crippen molar-refractivity contribution in [3.05, 3.63) is 53.7 Å². The maximum atomic E-state index is 5.64. The summed E-state index contributed by atoms with van der Waals surface area (Å²) < 4.78 is 12.9. The molecule has 0 radical (unpaired) electrons. The average molecular weight is 389 g/mol. The topological polar surface area (TPSA) is 99.4 Å². The van der Waals surface area contributed by atoms with E-state index in [2.05, 4.69) is 30.4 Å². The summed E-state index contributed by atoms with van der Waals surface area (Å²) in [6.07, 6.45) is 3.50. The molecule has 0 atom stereocenters. The lowest BCUT2D eigenvalue weighted by Crippen LogP contribution is -2.15. The average Bonchev–Trinajstić information content (AvgIpc) is 3.14. The van der Waals surface area contributed by atoms with Gasteiger partial charge >= 0.3 is 0 Å². The number of hydrogen-bond acceptors (Lipinski definition) is 8. The first kappa shape index (κ1) is 17.4. The molecule has 9 heteroatoms. The Labute approximate surface area is 166 Å². The Hall–Kier alpha value is -3.75. The van der Waals surface area contributed by atoms with Crippen LogP contribution in [0.2, 0.25) is 0 Å². The molecule has 9 nitrogen and oxygen atoms in total. The Kier molecular flexibility index (Phi) is 4.19. The fraction of sp³-hybridized carbons (Fsp3) is 0.250. The number of benzene rings is 1. The molecule has 1 aliphatic heterocycles. The molecular formula is C20H19N7O2. The van der Waals surface area contributed by atoms with Gasteiger partial charge in [0.2, 0.25) is 5.95 Å². The van der Waals surface area contributed by atoms with Crippen molar-refractivity contribution in [2.45, 2.75) is 20.4 Å². The molecule has 0 unspecified atom stereocenters. The summed E-state index contributed by atoms with van der Waals surface area (Å²) in [6, 6.07) is 7.75. The number of anilines is 1. The second-order valence-corrected chi connectivity index (χ2v) is 6.73. The van der Waals surface area contributed by atoms with Gasteiger partial charge < -0.3 is 14.8 Å². The second kappa shape index (κ2) is 7.01. The van der Waals surface area contributed by atoms with Crippen molar-refractivity contribution in [3.8, 4) is 22.8 Å². The Morgan fingerprint density at radius 2 is 1.90 bits per heavy atom. The van der Waals surface area contributed by atoms with E-state index in [1.165, 1.54) is 0 Å². The molecule has 29 heavy (non-hydrogen) atoms. The van der Waals surface area contributed by atoms with Crippen LogP contribution >= 0.6 is 0 Å². The molecular weight excluding hydrogens is 370 g/mol. The third-order valence-corrected chi connectivity index (χ3v) is 4.70. The largest absolute Gasteiger partial charge is 0.486 e. The molecule has 0 aliphatic carbocycles. The first-order valence-electron chi connectivity index (χ1n) is 9.32. The minimum absolute atomic E-state index is 0.534. The predicted octanol–water partition coefficient (Wildman–Crippen LogP) is 2.58. The van der Waals surface area contributed by atoms with Crippen LogP contribution in [-0.4, -0.2) is 42.8 Å². The summed E-state index contributed by atoms with van der Waals surface area (Å²) >= 11 is 0. The standard InChI is InChI=1S/C20H19N7O2/c1-12-15(11-23-20-24-13(2)26-27(12)20)16-5-6-21-19(25-16)22-10-14-3-4-17-18(9-14)29-8-7-28-17/h3-6,9,11H,7-8,10H2,1-2H3,(H,21,22,25). The Morgan fingerprint density at radius 3 is 2.79 bits per heavy atom. The first-order valence-corrected chi connectivity index (χ1v) is 9.32. The summed E-state index contributed by atoms with van der Waals surface area (Å²) in [6.45, 7) is 5.54. The molecule has 0 bridgehead atoms. The van der Waals surface area contributed by atoms with Gasteiger partial charge in [-0.25, -0.2) is 19.5 Å². The van der Waals surface area contributed by atoms with Crippen LogP contribution in [0.15, 0.2) is 36.7 Å². The molecule has 0 saturated carbocycles. The van der Waals surface area contributed by atoms with Gasteiger partial charge in [-0.15, -0.1) is 0 Å². The monoisotopic (exact) mass is 389 g/mol. The summed E-state index contributed by atoms with van der Waals surface area (Å²) in [5.41, 5.74) is 3.63. The normalized spacial score (nSPS) is 12.9. The summed E-state index contributed by atoms with van der Waals surface area (Å²) in [5, 5.41) is 7.66. The van der Waals surface area contributed by atoms with E-state index < -0.39 is 0 Å². The minimum atomic E-state index is 0.534. The third kappa shape index (κ3) is 3.31. The zero-order chi connectivity index (χ0) is 19.8. The van der Waals surface area contributed by atoms with Gasteiger partial charge in [0.1, 0.15) is 19.0 Å². The van der Waals surface area contributed by atoms with Crippen molar-refractivity contribution in [2.75, 3.05) is 18.5 Å². The molecule has 4 aromatic rings. The zero-order valence-corrected chi connectivity index (χ0v) is 16.1. The molecule has 0 amide bonds. The summed E-state index contributed by atoms with van der Waals surface area (Å²) in [4.78, 5) is 17.7. The van der Waals surface area contributed by atoms with E-state index in [1.54, 1.807) is 16.9 Å². The van der Waals surface area contributed by atoms with E-state index in [0.717, 1.165) is 34.0 Å². The van der Waals surface area contributed by atoms with Gasteiger partial charge in [0.15, 0.2) is 11.5 Å². The van der Waals surface area contributed by atoms with Crippen molar-refractivity contribution in [2.24, 2.45) is 0 Å². The van der Waals surface area contributed by atoms with E-state index in [1.807, 2.05) is 38.1 Å². The molecule has 0 spiro atoms. The quantitative estimate of drug-likeness (QED) is 0.569. The van der Waals surface area contributed by atoms with Gasteiger partial charge in [0, 0.05) is 24.5 Å². The lowest BCUT2D eigenvalue weighted by atomic mass is 10.2. The van der Waals surface area contributed by atoms with Crippen molar-refractivity contribution in [3.63, 3.8) is 0 Å². The summed E-state index contributed by atoms with van der Waals surface area (Å²) in [7, 11) is 0. The van der Waals surface area contributed by atoms with Gasteiger partial charge in [-0.3, -0.25) is 0 Å². The number of aromatic nitrogens is 6. The molecule has 1 N–H and O–H groups in total. The van der Waals surface area contributed by atoms with Gasteiger partial charge in [0.25, 0.3) is 5.78 Å². The molecule has 4 heterocycles. The highest BCUT2D eigenvalue weighted by Crippen LogP contribution is 2.31. The van der Waals surface area contributed by atoms with Crippen LogP contribution < -0.4 is 14.8 Å². The lowest BCUT2D eigenvalue weighted by molar-refractivity contribution is 0.171. The van der Waals surface area contributed by atoms with Crippen LogP contribution in [0.1, 0.15) is 17.1 Å². The highest BCUT2D eigenvalue weighted by Gasteiger charge is 2.13. The molecule has 0 fully saturated rings. The number of nitrogens with zero attached hydrogens (tertiary/aromatic N) is 6. The van der Waals surface area contributed by atoms with Crippen LogP contribution in [0.3, 0.4) is 0 Å². The first-order chi connectivity index (χ1) is 14.2. The smallest absolute Gasteiger partial charge is 0.252 e. The third-order valence-electron chi connectivity index (χ3n) is 4.70. The highest BCUT2D eigenvalue weighted by atomic mass is 16.6. The molecule has 1 aromatic carbocycles. The SMILES string of the molecule is Cc1nc2ncc(-c3ccnc(NCc4ccc5c(c4)OCCO5)n3)c(C)n2n1. The Morgan fingerprint density at radius 1 is 1.03 bits per heavy atom. The van der Waals surface area contributed by atoms with Crippen molar-refractivity contribution in [1.29, 1.82) is 0 Å². The highest BCUT2D eigenvalue weighted by molar-refractivity contribution is 5.63. The molecule has 1 aliphatic rings. The van der Waals surface area contributed by atoms with E-state index in [9.17, 15) is 0 Å². The van der Waals surface area contributed by atoms with E-state index >= 15 is 0 Å². The zero-order valence-electron chi connectivity index (χ0n) is 16.1. The summed E-state index contributed by atoms with van der Waals surface area (Å²) in [5.74, 6) is 3.34. The number of fused-ring (bicyclic) bond motifs is 2. The van der Waals surface area contributed by atoms with Gasteiger partial charge in [-0.2, -0.15) is 10.1 Å². The van der Waals surface area contributed by atoms with Crippen molar-refractivity contribution >= 4 is 11.7 Å². The molecule has 146 valence electrons. The second-order valence-electron chi connectivity index (χ2n) is 6.73. The van der Waals surface area contributed by atoms with Crippen molar-refractivity contribution in [1.82, 2.24) is 29.5 Å². The van der Waals surface area contributed by atoms with Gasteiger partial charge in [-0.1, -0.05) is 6.07 Å². The van der Waals surface area contributed by atoms with Crippen LogP contribution in [0.4, 0.5) is 5.95 Å². The fourth-order valence-electron chi connectivity index (χ4n) is 3.27. The minimum Gasteiger partial charge on any atom is -0.486 e. The molecule has 5 rings (SSSR count). The number of ether oxygens (including phenoxy) is 2. The van der Waals surface area contributed by atoms with E-state index in [4.69, 9.17) is 9.47 Å². The van der Waals surface area contributed by atoms with Crippen LogP contribution in [0.5, 0.6) is 11.5 Å². The Balaban J connectivity index is 1.38. The van der Waals surface area contributed by atoms with Gasteiger partial charge in [-0.05, 0) is 37.6 Å². The van der Waals surface area contributed by atoms with Crippen LogP contribution in [0, 0.1) is 13.8 Å². The van der Waals surface area contributed by atoms with Crippen LogP contribution in [-0.2, 0) is 6.54 Å². The number of aryl methyl sites for hydroxylation is 2. The lowest BCUT2D eigenvalue weighted by Gasteiger charge is -2.19. The number of rotatable bonds is 4. The van der Waals surface area contributed by atoms with Gasteiger partial charge in [0.05, 0.1) is 11.4 Å². The Bertz CT molecular complexity index is 1200. The number of nitrogens with one attached hydrogen (secondary N) is 1. The molecule has 0 saturated heterocycles. The predicted molar refractivity (Wildman–Crippen MR) is 106 cm³/mol. The van der Waals surface area contributed by atoms with Crippen molar-refractivity contribution < 1.29 is 9.47 Å². The molecule has 3 aromatic heterocycles. The maximum absolute atomic E-state index is 5.64. The maximum Gasteiger partial charge on any atom is 0.252 e. The van der Waals surface area contributed by atoms with E-state index in [-0.39, 0.29) is 0 Å². The van der Waals surface area contributed by atoms with Crippen LogP contribution in [0.25, 0.3) is 17.0 Å². The van der Waals surface area contributed by atoms with E-state index in [0.29, 0.717) is 37.3 Å².